The first-order valence-electron chi connectivity index (χ1n) is 8.80. The van der Waals surface area contributed by atoms with Crippen molar-refractivity contribution >= 4 is 11.5 Å². The van der Waals surface area contributed by atoms with Crippen LogP contribution in [0, 0.1) is 0 Å². The first-order valence-corrected chi connectivity index (χ1v) is 8.80. The third kappa shape index (κ3) is 2.17. The van der Waals surface area contributed by atoms with Crippen molar-refractivity contribution in [2.75, 3.05) is 11.4 Å². The minimum Gasteiger partial charge on any atom is -0.352 e. The molecular formula is C18H20N6. The second kappa shape index (κ2) is 5.54. The molecule has 0 spiro atoms. The van der Waals surface area contributed by atoms with E-state index in [0.29, 0.717) is 17.6 Å². The van der Waals surface area contributed by atoms with Crippen LogP contribution in [-0.2, 0) is 6.42 Å². The Morgan fingerprint density at radius 1 is 1.00 bits per heavy atom. The maximum atomic E-state index is 4.62. The van der Waals surface area contributed by atoms with Gasteiger partial charge in [-0.1, -0.05) is 24.3 Å². The van der Waals surface area contributed by atoms with Crippen molar-refractivity contribution in [3.8, 4) is 0 Å². The van der Waals surface area contributed by atoms with Crippen LogP contribution in [0.5, 0.6) is 0 Å². The van der Waals surface area contributed by atoms with E-state index in [0.717, 1.165) is 12.4 Å². The molecule has 0 amide bonds. The second-order valence-electron chi connectivity index (χ2n) is 6.82. The largest absolute Gasteiger partial charge is 0.352 e. The lowest BCUT2D eigenvalue weighted by molar-refractivity contribution is 0.458. The number of aromatic nitrogens is 5. The first-order chi connectivity index (χ1) is 11.9. The normalized spacial score (nSPS) is 23.6. The summed E-state index contributed by atoms with van der Waals surface area (Å²) in [5, 5.41) is 16.2. The number of fused-ring (bicyclic) bond motifs is 2. The number of rotatable bonds is 2. The summed E-state index contributed by atoms with van der Waals surface area (Å²) in [5.74, 6) is 1.59. The Hall–Kier alpha value is -2.50. The van der Waals surface area contributed by atoms with Crippen LogP contribution in [-0.4, -0.2) is 37.8 Å². The van der Waals surface area contributed by atoms with E-state index in [2.05, 4.69) is 55.9 Å². The number of nitrogens with zero attached hydrogens (tertiary/aromatic N) is 6. The number of tetrazole rings is 1. The molecule has 1 aliphatic heterocycles. The summed E-state index contributed by atoms with van der Waals surface area (Å²) < 4.78 is 1.53. The van der Waals surface area contributed by atoms with Gasteiger partial charge in [0.25, 0.3) is 0 Å². The molecule has 2 unspecified atom stereocenters. The lowest BCUT2D eigenvalue weighted by Gasteiger charge is -2.36. The Kier molecular flexibility index (Phi) is 3.21. The number of aryl methyl sites for hydroxylation is 1. The second-order valence-corrected chi connectivity index (χ2v) is 6.82. The fourth-order valence-electron chi connectivity index (χ4n) is 4.48. The molecule has 1 aromatic carbocycles. The Labute approximate surface area is 140 Å². The average Bonchev–Trinajstić information content (AvgIpc) is 3.29. The zero-order chi connectivity index (χ0) is 15.9. The van der Waals surface area contributed by atoms with E-state index < -0.39 is 0 Å². The summed E-state index contributed by atoms with van der Waals surface area (Å²) >= 11 is 0. The molecule has 6 heteroatoms. The number of hydrogen-bond donors (Lipinski definition) is 0. The smallest absolute Gasteiger partial charge is 0.200 e. The Balaban J connectivity index is 1.51. The van der Waals surface area contributed by atoms with Gasteiger partial charge < -0.3 is 4.90 Å². The fourth-order valence-corrected chi connectivity index (χ4v) is 4.48. The van der Waals surface area contributed by atoms with Gasteiger partial charge in [-0.15, -0.1) is 14.8 Å². The first kappa shape index (κ1) is 13.9. The quantitative estimate of drug-likeness (QED) is 0.726. The highest BCUT2D eigenvalue weighted by atomic mass is 15.6. The molecule has 0 N–H and O–H groups in total. The van der Waals surface area contributed by atoms with Crippen molar-refractivity contribution in [1.29, 1.82) is 0 Å². The highest BCUT2D eigenvalue weighted by molar-refractivity contribution is 5.47. The summed E-state index contributed by atoms with van der Waals surface area (Å²) in [6.07, 6.45) is 6.22. The average molecular weight is 320 g/mol. The molecule has 24 heavy (non-hydrogen) atoms. The molecule has 5 rings (SSSR count). The Morgan fingerprint density at radius 3 is 2.96 bits per heavy atom. The van der Waals surface area contributed by atoms with Crippen molar-refractivity contribution < 1.29 is 0 Å². The van der Waals surface area contributed by atoms with E-state index in [-0.39, 0.29) is 0 Å². The molecule has 0 saturated carbocycles. The third-order valence-electron chi connectivity index (χ3n) is 5.53. The number of anilines is 1. The maximum absolute atomic E-state index is 4.62. The SMILES string of the molecule is c1ccc2c(c1)CCCC2C1CCCN1c1ccc2nnnn2n1. The predicted octanol–water partition coefficient (Wildman–Crippen LogP) is 2.61. The van der Waals surface area contributed by atoms with Crippen LogP contribution in [0.2, 0.25) is 0 Å². The van der Waals surface area contributed by atoms with E-state index >= 15 is 0 Å². The number of benzene rings is 1. The highest BCUT2D eigenvalue weighted by Gasteiger charge is 2.35. The molecule has 2 aromatic heterocycles. The van der Waals surface area contributed by atoms with Gasteiger partial charge in [0.15, 0.2) is 11.5 Å². The van der Waals surface area contributed by atoms with Crippen LogP contribution >= 0.6 is 0 Å². The van der Waals surface area contributed by atoms with Crippen molar-refractivity contribution in [2.45, 2.75) is 44.1 Å². The van der Waals surface area contributed by atoms with Gasteiger partial charge in [0.2, 0.25) is 0 Å². The molecule has 122 valence electrons. The molecule has 1 aliphatic carbocycles. The van der Waals surface area contributed by atoms with Crippen LogP contribution < -0.4 is 4.90 Å². The molecule has 3 aromatic rings. The van der Waals surface area contributed by atoms with Crippen molar-refractivity contribution in [3.63, 3.8) is 0 Å². The zero-order valence-corrected chi connectivity index (χ0v) is 13.5. The van der Waals surface area contributed by atoms with E-state index in [1.807, 2.05) is 6.07 Å². The van der Waals surface area contributed by atoms with Gasteiger partial charge in [0, 0.05) is 18.5 Å². The van der Waals surface area contributed by atoms with E-state index in [9.17, 15) is 0 Å². The summed E-state index contributed by atoms with van der Waals surface area (Å²) in [7, 11) is 0. The van der Waals surface area contributed by atoms with E-state index in [1.165, 1.54) is 42.3 Å². The molecule has 0 radical (unpaired) electrons. The molecule has 6 nitrogen and oxygen atoms in total. The molecule has 3 heterocycles. The predicted molar refractivity (Wildman–Crippen MR) is 91.1 cm³/mol. The van der Waals surface area contributed by atoms with Gasteiger partial charge in [-0.25, -0.2) is 0 Å². The lowest BCUT2D eigenvalue weighted by atomic mass is 9.78. The zero-order valence-electron chi connectivity index (χ0n) is 13.5. The monoisotopic (exact) mass is 320 g/mol. The lowest BCUT2D eigenvalue weighted by Crippen LogP contribution is -2.36. The fraction of sp³-hybridized carbons (Fsp3) is 0.444. The van der Waals surface area contributed by atoms with Crippen LogP contribution in [0.4, 0.5) is 5.82 Å². The van der Waals surface area contributed by atoms with Crippen molar-refractivity contribution in [2.24, 2.45) is 0 Å². The Morgan fingerprint density at radius 2 is 1.96 bits per heavy atom. The maximum Gasteiger partial charge on any atom is 0.200 e. The van der Waals surface area contributed by atoms with E-state index in [1.54, 1.807) is 5.56 Å². The number of hydrogen-bond acceptors (Lipinski definition) is 5. The molecule has 1 saturated heterocycles. The molecule has 0 bridgehead atoms. The van der Waals surface area contributed by atoms with Gasteiger partial charge in [0.05, 0.1) is 0 Å². The molecule has 1 fully saturated rings. The Bertz CT molecular complexity index is 873. The van der Waals surface area contributed by atoms with Gasteiger partial charge in [-0.05, 0) is 65.8 Å². The minimum absolute atomic E-state index is 0.521. The molecule has 2 aliphatic rings. The van der Waals surface area contributed by atoms with Crippen LogP contribution in [0.1, 0.15) is 42.7 Å². The van der Waals surface area contributed by atoms with Crippen molar-refractivity contribution in [3.05, 3.63) is 47.5 Å². The van der Waals surface area contributed by atoms with Gasteiger partial charge in [0.1, 0.15) is 0 Å². The van der Waals surface area contributed by atoms with Crippen LogP contribution in [0.25, 0.3) is 5.65 Å². The molecule has 2 atom stereocenters. The highest BCUT2D eigenvalue weighted by Crippen LogP contribution is 2.40. The summed E-state index contributed by atoms with van der Waals surface area (Å²) in [6, 6.07) is 13.5. The summed E-state index contributed by atoms with van der Waals surface area (Å²) in [6.45, 7) is 1.06. The summed E-state index contributed by atoms with van der Waals surface area (Å²) in [5.41, 5.74) is 3.77. The minimum atomic E-state index is 0.521. The third-order valence-corrected chi connectivity index (χ3v) is 5.53. The summed E-state index contributed by atoms with van der Waals surface area (Å²) in [4.78, 5) is 2.47. The topological polar surface area (TPSA) is 59.2 Å². The van der Waals surface area contributed by atoms with Gasteiger partial charge in [-0.2, -0.15) is 0 Å². The van der Waals surface area contributed by atoms with Crippen LogP contribution in [0.15, 0.2) is 36.4 Å². The standard InChI is InChI=1S/C18H20N6/c1-2-7-14-13(5-1)6-3-8-15(14)16-9-4-12-23(16)18-11-10-17-19-21-22-24(17)20-18/h1-2,5,7,10-11,15-16H,3-4,6,8-9,12H2. The van der Waals surface area contributed by atoms with Gasteiger partial charge >= 0.3 is 0 Å². The van der Waals surface area contributed by atoms with Gasteiger partial charge in [-0.3, -0.25) is 0 Å². The van der Waals surface area contributed by atoms with Crippen molar-refractivity contribution in [1.82, 2.24) is 25.3 Å². The van der Waals surface area contributed by atoms with Crippen LogP contribution in [0.3, 0.4) is 0 Å². The van der Waals surface area contributed by atoms with E-state index in [4.69, 9.17) is 0 Å². The molecular weight excluding hydrogens is 300 g/mol.